The molecular formula is C16H24N2O2. The normalized spacial score (nSPS) is 22.6. The molecule has 0 aromatic heterocycles. The van der Waals surface area contributed by atoms with Crippen LogP contribution in [0, 0.1) is 5.92 Å². The van der Waals surface area contributed by atoms with E-state index in [0.717, 1.165) is 36.5 Å². The lowest BCUT2D eigenvalue weighted by atomic mass is 9.82. The van der Waals surface area contributed by atoms with Gasteiger partial charge in [0.15, 0.2) is 0 Å². The van der Waals surface area contributed by atoms with E-state index in [4.69, 9.17) is 4.74 Å². The van der Waals surface area contributed by atoms with Crippen molar-refractivity contribution in [3.63, 3.8) is 0 Å². The number of methoxy groups -OCH3 is 1. The number of ether oxygens (including phenoxy) is 1. The largest absolute Gasteiger partial charge is 0.497 e. The molecule has 0 radical (unpaired) electrons. The molecule has 0 spiro atoms. The van der Waals surface area contributed by atoms with E-state index in [0.29, 0.717) is 6.04 Å². The minimum absolute atomic E-state index is 0.0581. The lowest BCUT2D eigenvalue weighted by Gasteiger charge is -2.33. The number of carbonyl (C=O) groups is 1. The van der Waals surface area contributed by atoms with Crippen molar-refractivity contribution < 1.29 is 9.53 Å². The molecule has 0 saturated heterocycles. The first-order valence-corrected chi connectivity index (χ1v) is 7.26. The summed E-state index contributed by atoms with van der Waals surface area (Å²) in [7, 11) is 1.66. The number of hydrogen-bond donors (Lipinski definition) is 2. The number of rotatable bonds is 5. The Bertz CT molecular complexity index is 456. The lowest BCUT2D eigenvalue weighted by Crippen LogP contribution is -2.50. The third-order valence-corrected chi connectivity index (χ3v) is 3.76. The van der Waals surface area contributed by atoms with Crippen LogP contribution < -0.4 is 15.4 Å². The van der Waals surface area contributed by atoms with Crippen LogP contribution in [0.1, 0.15) is 32.3 Å². The van der Waals surface area contributed by atoms with Crippen molar-refractivity contribution in [2.45, 2.75) is 45.2 Å². The van der Waals surface area contributed by atoms with Gasteiger partial charge in [-0.1, -0.05) is 19.1 Å². The Kier molecular flexibility index (Phi) is 4.88. The maximum atomic E-state index is 11.8. The van der Waals surface area contributed by atoms with Crippen LogP contribution >= 0.6 is 0 Å². The summed E-state index contributed by atoms with van der Waals surface area (Å²) >= 11 is 0. The summed E-state index contributed by atoms with van der Waals surface area (Å²) < 4.78 is 5.20. The molecule has 0 aliphatic heterocycles. The van der Waals surface area contributed by atoms with Crippen molar-refractivity contribution in [3.8, 4) is 5.75 Å². The third-order valence-electron chi connectivity index (χ3n) is 3.76. The minimum atomic E-state index is -0.0581. The highest BCUT2D eigenvalue weighted by Gasteiger charge is 2.26. The van der Waals surface area contributed by atoms with Gasteiger partial charge in [0.1, 0.15) is 5.75 Å². The first-order chi connectivity index (χ1) is 9.56. The number of urea groups is 1. The fourth-order valence-corrected chi connectivity index (χ4v) is 2.68. The van der Waals surface area contributed by atoms with Crippen LogP contribution in [0.3, 0.4) is 0 Å². The van der Waals surface area contributed by atoms with Crippen LogP contribution in [0.4, 0.5) is 4.79 Å². The van der Waals surface area contributed by atoms with E-state index in [9.17, 15) is 4.79 Å². The zero-order valence-electron chi connectivity index (χ0n) is 12.5. The molecule has 1 atom stereocenters. The summed E-state index contributed by atoms with van der Waals surface area (Å²) in [6.07, 6.45) is 2.99. The van der Waals surface area contributed by atoms with E-state index >= 15 is 0 Å². The second-order valence-corrected chi connectivity index (χ2v) is 5.85. The molecule has 4 nitrogen and oxygen atoms in total. The van der Waals surface area contributed by atoms with Gasteiger partial charge in [-0.25, -0.2) is 4.79 Å². The SMILES string of the molecule is COc1cccc(CC(C)NC(=O)NC2CC(C)C2)c1. The molecule has 1 fully saturated rings. The summed E-state index contributed by atoms with van der Waals surface area (Å²) in [5.74, 6) is 1.59. The Morgan fingerprint density at radius 2 is 2.20 bits per heavy atom. The third kappa shape index (κ3) is 4.15. The zero-order valence-corrected chi connectivity index (χ0v) is 12.5. The number of nitrogens with one attached hydrogen (secondary N) is 2. The van der Waals surface area contributed by atoms with Gasteiger partial charge >= 0.3 is 6.03 Å². The Balaban J connectivity index is 1.76. The Morgan fingerprint density at radius 1 is 1.45 bits per heavy atom. The van der Waals surface area contributed by atoms with Gasteiger partial charge in [0.2, 0.25) is 0 Å². The monoisotopic (exact) mass is 276 g/mol. The van der Waals surface area contributed by atoms with Gasteiger partial charge in [-0.3, -0.25) is 0 Å². The average Bonchev–Trinajstić information content (AvgIpc) is 2.36. The van der Waals surface area contributed by atoms with Crippen LogP contribution in [-0.2, 0) is 6.42 Å². The molecule has 1 aliphatic rings. The summed E-state index contributed by atoms with van der Waals surface area (Å²) in [6, 6.07) is 8.34. The lowest BCUT2D eigenvalue weighted by molar-refractivity contribution is 0.208. The molecule has 2 amide bonds. The fourth-order valence-electron chi connectivity index (χ4n) is 2.68. The maximum absolute atomic E-state index is 11.8. The molecule has 1 saturated carbocycles. The topological polar surface area (TPSA) is 50.4 Å². The highest BCUT2D eigenvalue weighted by atomic mass is 16.5. The molecule has 1 aromatic carbocycles. The first kappa shape index (κ1) is 14.7. The predicted molar refractivity (Wildman–Crippen MR) is 80.0 cm³/mol. The number of amides is 2. The van der Waals surface area contributed by atoms with Crippen LogP contribution in [-0.4, -0.2) is 25.2 Å². The van der Waals surface area contributed by atoms with Gasteiger partial charge < -0.3 is 15.4 Å². The van der Waals surface area contributed by atoms with Gasteiger partial charge in [0, 0.05) is 12.1 Å². The van der Waals surface area contributed by atoms with E-state index in [1.54, 1.807) is 7.11 Å². The number of carbonyl (C=O) groups excluding carboxylic acids is 1. The molecule has 0 bridgehead atoms. The van der Waals surface area contributed by atoms with Crippen LogP contribution in [0.25, 0.3) is 0 Å². The molecule has 1 aliphatic carbocycles. The average molecular weight is 276 g/mol. The summed E-state index contributed by atoms with van der Waals surface area (Å²) in [6.45, 7) is 4.23. The van der Waals surface area contributed by atoms with Gasteiger partial charge in [0.05, 0.1) is 7.11 Å². The van der Waals surface area contributed by atoms with Gasteiger partial charge in [-0.2, -0.15) is 0 Å². The van der Waals surface area contributed by atoms with Crippen molar-refractivity contribution in [2.24, 2.45) is 5.92 Å². The van der Waals surface area contributed by atoms with E-state index < -0.39 is 0 Å². The standard InChI is InChI=1S/C16H24N2O2/c1-11-7-14(8-11)18-16(19)17-12(2)9-13-5-4-6-15(10-13)20-3/h4-6,10-12,14H,7-9H2,1-3H3,(H2,17,18,19). The molecule has 1 aromatic rings. The number of benzene rings is 1. The van der Waals surface area contributed by atoms with Gasteiger partial charge in [0.25, 0.3) is 0 Å². The van der Waals surface area contributed by atoms with E-state index in [-0.39, 0.29) is 12.1 Å². The second kappa shape index (κ2) is 6.64. The number of hydrogen-bond acceptors (Lipinski definition) is 2. The Labute approximate surface area is 120 Å². The maximum Gasteiger partial charge on any atom is 0.315 e. The highest BCUT2D eigenvalue weighted by molar-refractivity contribution is 5.74. The molecule has 0 heterocycles. The Morgan fingerprint density at radius 3 is 2.85 bits per heavy atom. The zero-order chi connectivity index (χ0) is 14.5. The molecule has 2 N–H and O–H groups in total. The van der Waals surface area contributed by atoms with E-state index in [1.165, 1.54) is 0 Å². The van der Waals surface area contributed by atoms with Gasteiger partial charge in [-0.15, -0.1) is 0 Å². The molecule has 4 heteroatoms. The summed E-state index contributed by atoms with van der Waals surface area (Å²) in [4.78, 5) is 11.8. The van der Waals surface area contributed by atoms with Crippen molar-refractivity contribution >= 4 is 6.03 Å². The molecule has 110 valence electrons. The molecular weight excluding hydrogens is 252 g/mol. The molecule has 1 unspecified atom stereocenters. The first-order valence-electron chi connectivity index (χ1n) is 7.26. The smallest absolute Gasteiger partial charge is 0.315 e. The van der Waals surface area contributed by atoms with E-state index in [1.807, 2.05) is 31.2 Å². The van der Waals surface area contributed by atoms with E-state index in [2.05, 4.69) is 17.6 Å². The second-order valence-electron chi connectivity index (χ2n) is 5.85. The van der Waals surface area contributed by atoms with Crippen LogP contribution in [0.15, 0.2) is 24.3 Å². The van der Waals surface area contributed by atoms with Crippen molar-refractivity contribution in [3.05, 3.63) is 29.8 Å². The minimum Gasteiger partial charge on any atom is -0.497 e. The fraction of sp³-hybridized carbons (Fsp3) is 0.562. The van der Waals surface area contributed by atoms with Gasteiger partial charge in [-0.05, 0) is 49.8 Å². The van der Waals surface area contributed by atoms with Crippen molar-refractivity contribution in [2.75, 3.05) is 7.11 Å². The quantitative estimate of drug-likeness (QED) is 0.868. The highest BCUT2D eigenvalue weighted by Crippen LogP contribution is 2.26. The summed E-state index contributed by atoms with van der Waals surface area (Å²) in [5, 5.41) is 6.00. The predicted octanol–water partition coefficient (Wildman–Crippen LogP) is 2.72. The molecule has 2 rings (SSSR count). The summed E-state index contributed by atoms with van der Waals surface area (Å²) in [5.41, 5.74) is 1.16. The van der Waals surface area contributed by atoms with Crippen LogP contribution in [0.5, 0.6) is 5.75 Å². The molecule has 20 heavy (non-hydrogen) atoms. The van der Waals surface area contributed by atoms with Crippen LogP contribution in [0.2, 0.25) is 0 Å². The van der Waals surface area contributed by atoms with Crippen molar-refractivity contribution in [1.82, 2.24) is 10.6 Å². The Hall–Kier alpha value is -1.71. The van der Waals surface area contributed by atoms with Crippen molar-refractivity contribution in [1.29, 1.82) is 0 Å².